The first-order valence-electron chi connectivity index (χ1n) is 12.9. The molecule has 0 spiro atoms. The molecule has 0 aliphatic carbocycles. The molecule has 12 heteroatoms. The van der Waals surface area contributed by atoms with Crippen molar-refractivity contribution in [2.75, 3.05) is 13.7 Å². The molecule has 1 fully saturated rings. The van der Waals surface area contributed by atoms with Gasteiger partial charge in [-0.05, 0) is 47.5 Å². The lowest BCUT2D eigenvalue weighted by Crippen LogP contribution is -2.69. The number of aromatic nitrogens is 1. The highest BCUT2D eigenvalue weighted by atomic mass is 33.1. The van der Waals surface area contributed by atoms with Crippen LogP contribution in [0.5, 0.6) is 5.75 Å². The van der Waals surface area contributed by atoms with E-state index >= 15 is 0 Å². The number of benzene rings is 3. The van der Waals surface area contributed by atoms with Crippen LogP contribution in [0.3, 0.4) is 0 Å². The van der Waals surface area contributed by atoms with Crippen LogP contribution in [0.15, 0.2) is 101 Å². The van der Waals surface area contributed by atoms with E-state index in [-0.39, 0.29) is 24.7 Å². The Bertz CT molecular complexity index is 1560. The molecule has 0 bridgehead atoms. The number of allylic oxidation sites excluding steroid dienone is 1. The van der Waals surface area contributed by atoms with Gasteiger partial charge in [0.05, 0.1) is 17.3 Å². The quantitative estimate of drug-likeness (QED) is 0.0733. The molecular formula is C30H27N3O6S3. The highest BCUT2D eigenvalue weighted by Crippen LogP contribution is 2.45. The molecule has 5 rings (SSSR count). The first-order chi connectivity index (χ1) is 20.4. The number of β-lactam (4-membered cyclic amide) rings is 1. The first-order valence-corrected chi connectivity index (χ1v) is 15.9. The zero-order valence-electron chi connectivity index (χ0n) is 22.7. The van der Waals surface area contributed by atoms with Crippen molar-refractivity contribution in [2.45, 2.75) is 29.3 Å². The Kier molecular flexibility index (Phi) is 9.67. The Morgan fingerprint density at radius 3 is 2.40 bits per heavy atom. The second kappa shape index (κ2) is 13.8. The van der Waals surface area contributed by atoms with Crippen LogP contribution in [0.2, 0.25) is 0 Å². The lowest BCUT2D eigenvalue weighted by Gasteiger charge is -2.46. The molecule has 3 aromatic carbocycles. The molecule has 0 radical (unpaired) electrons. The molecule has 2 unspecified atom stereocenters. The predicted octanol–water partition coefficient (Wildman–Crippen LogP) is 5.39. The number of fused-ring (bicyclic) bond motifs is 1. The smallest absolute Gasteiger partial charge is 0.358 e. The summed E-state index contributed by atoms with van der Waals surface area (Å²) in [6.07, 6.45) is 0. The summed E-state index contributed by atoms with van der Waals surface area (Å²) < 4.78 is 18.3. The van der Waals surface area contributed by atoms with E-state index in [9.17, 15) is 14.4 Å². The predicted molar refractivity (Wildman–Crippen MR) is 164 cm³/mol. The number of carbonyl (C=O) groups excluding carboxylic acids is 3. The molecule has 1 aliphatic rings. The fraction of sp³-hybridized carbons (Fsp3) is 0.200. The Balaban J connectivity index is 1.36. The van der Waals surface area contributed by atoms with Gasteiger partial charge in [0.25, 0.3) is 11.8 Å². The topological polar surface area (TPSA) is 107 Å². The maximum atomic E-state index is 13.5. The van der Waals surface area contributed by atoms with Gasteiger partial charge in [0.2, 0.25) is 0 Å². The second-order valence-electron chi connectivity index (χ2n) is 9.04. The Hall–Kier alpha value is -4.00. The molecule has 1 saturated heterocycles. The maximum Gasteiger partial charge on any atom is 0.358 e. The van der Waals surface area contributed by atoms with Crippen LogP contribution in [0, 0.1) is 0 Å². The van der Waals surface area contributed by atoms with E-state index in [1.54, 1.807) is 31.2 Å². The van der Waals surface area contributed by atoms with E-state index in [1.165, 1.54) is 44.9 Å². The van der Waals surface area contributed by atoms with E-state index in [4.69, 9.17) is 14.2 Å². The fourth-order valence-corrected chi connectivity index (χ4v) is 8.05. The van der Waals surface area contributed by atoms with Crippen LogP contribution in [0.1, 0.15) is 12.5 Å². The van der Waals surface area contributed by atoms with Gasteiger partial charge < -0.3 is 19.5 Å². The summed E-state index contributed by atoms with van der Waals surface area (Å²) in [4.78, 5) is 45.3. The number of rotatable bonds is 12. The van der Waals surface area contributed by atoms with Gasteiger partial charge in [-0.2, -0.15) is 0 Å². The van der Waals surface area contributed by atoms with Gasteiger partial charge in [0.15, 0.2) is 16.6 Å². The average Bonchev–Trinajstić information content (AvgIpc) is 3.45. The summed E-state index contributed by atoms with van der Waals surface area (Å²) in [7, 11) is 3.93. The van der Waals surface area contributed by atoms with E-state index in [2.05, 4.69) is 10.3 Å². The lowest BCUT2D eigenvalue weighted by atomic mass is 10.1. The molecule has 2 atom stereocenters. The summed E-state index contributed by atoms with van der Waals surface area (Å²) in [5.74, 6) is -0.885. The number of amides is 2. The normalized spacial score (nSPS) is 16.8. The summed E-state index contributed by atoms with van der Waals surface area (Å²) in [5.41, 5.74) is 1.75. The Morgan fingerprint density at radius 2 is 1.69 bits per heavy atom. The lowest BCUT2D eigenvalue weighted by molar-refractivity contribution is -0.152. The van der Waals surface area contributed by atoms with Crippen LogP contribution in [0.25, 0.3) is 10.2 Å². The van der Waals surface area contributed by atoms with Crippen LogP contribution in [0.4, 0.5) is 0 Å². The van der Waals surface area contributed by atoms with Crippen molar-refractivity contribution in [1.29, 1.82) is 0 Å². The van der Waals surface area contributed by atoms with Gasteiger partial charge in [-0.1, -0.05) is 71.5 Å². The number of thiazole rings is 1. The van der Waals surface area contributed by atoms with Crippen LogP contribution in [-0.4, -0.2) is 52.8 Å². The number of esters is 1. The number of hydrogen-bond acceptors (Lipinski definition) is 10. The number of ether oxygens (including phenoxy) is 3. The van der Waals surface area contributed by atoms with Crippen molar-refractivity contribution in [3.05, 3.63) is 102 Å². The van der Waals surface area contributed by atoms with Crippen molar-refractivity contribution in [1.82, 2.24) is 15.2 Å². The Labute approximate surface area is 254 Å². The molecule has 42 heavy (non-hydrogen) atoms. The van der Waals surface area contributed by atoms with Gasteiger partial charge in [0, 0.05) is 0 Å². The van der Waals surface area contributed by atoms with E-state index < -0.39 is 29.2 Å². The van der Waals surface area contributed by atoms with Crippen molar-refractivity contribution in [2.24, 2.45) is 0 Å². The number of methoxy groups -OCH3 is 1. The van der Waals surface area contributed by atoms with E-state index in [0.717, 1.165) is 20.1 Å². The standard InChI is InChI=1S/C30H27N3O6S3/c1-19(38-17-20-11-5-3-6-12-20)26(29(36)37-2)33-27(35)25(32-24(34)18-39-21-13-7-4-8-14-21)28(33)41-42-30-31-22-15-9-10-16-23(22)40-30/h3-16,25,28H,17-18H2,1-2H3,(H,32,34)/b26-19-. The number of hydrogen-bond donors (Lipinski definition) is 1. The van der Waals surface area contributed by atoms with Gasteiger partial charge >= 0.3 is 5.97 Å². The summed E-state index contributed by atoms with van der Waals surface area (Å²) in [6, 6.07) is 25.3. The van der Waals surface area contributed by atoms with Crippen molar-refractivity contribution in [3.8, 4) is 5.75 Å². The zero-order valence-corrected chi connectivity index (χ0v) is 25.2. The number of para-hydroxylation sites is 2. The van der Waals surface area contributed by atoms with Crippen molar-refractivity contribution in [3.63, 3.8) is 0 Å². The third-order valence-corrected chi connectivity index (χ3v) is 10.2. The fourth-order valence-electron chi connectivity index (χ4n) is 4.13. The molecule has 216 valence electrons. The average molecular weight is 622 g/mol. The molecule has 2 heterocycles. The number of carbonyl (C=O) groups is 3. The minimum absolute atomic E-state index is 0.0214. The molecule has 1 aliphatic heterocycles. The van der Waals surface area contributed by atoms with Crippen LogP contribution >= 0.6 is 32.9 Å². The minimum Gasteiger partial charge on any atom is -0.491 e. The minimum atomic E-state index is -0.912. The van der Waals surface area contributed by atoms with Gasteiger partial charge in [-0.3, -0.25) is 14.5 Å². The summed E-state index contributed by atoms with van der Waals surface area (Å²) >= 11 is 1.52. The van der Waals surface area contributed by atoms with E-state index in [0.29, 0.717) is 5.75 Å². The molecule has 0 saturated carbocycles. The molecule has 1 N–H and O–H groups in total. The van der Waals surface area contributed by atoms with E-state index in [1.807, 2.05) is 60.7 Å². The Morgan fingerprint density at radius 1 is 1.00 bits per heavy atom. The number of nitrogens with zero attached hydrogens (tertiary/aromatic N) is 2. The van der Waals surface area contributed by atoms with Gasteiger partial charge in [0.1, 0.15) is 29.5 Å². The third-order valence-electron chi connectivity index (χ3n) is 6.22. The number of likely N-dealkylation sites (tertiary alicyclic amines) is 1. The monoisotopic (exact) mass is 621 g/mol. The highest BCUT2D eigenvalue weighted by Gasteiger charge is 2.53. The van der Waals surface area contributed by atoms with Gasteiger partial charge in [-0.25, -0.2) is 9.78 Å². The highest BCUT2D eigenvalue weighted by molar-refractivity contribution is 8.77. The SMILES string of the molecule is COC(=O)/C(=C(\C)OCc1ccccc1)N1C(=O)C(NC(=O)COc2ccccc2)C1SSc1nc2ccccc2s1. The van der Waals surface area contributed by atoms with Crippen molar-refractivity contribution < 1.29 is 28.6 Å². The zero-order chi connectivity index (χ0) is 29.5. The molecule has 9 nitrogen and oxygen atoms in total. The van der Waals surface area contributed by atoms with Gasteiger partial charge in [-0.15, -0.1) is 11.3 Å². The molecule has 1 aromatic heterocycles. The van der Waals surface area contributed by atoms with Crippen LogP contribution in [-0.2, 0) is 30.5 Å². The third kappa shape index (κ3) is 6.89. The number of nitrogens with one attached hydrogen (secondary N) is 1. The maximum absolute atomic E-state index is 13.5. The molecule has 2 amide bonds. The second-order valence-corrected chi connectivity index (χ2v) is 12.6. The summed E-state index contributed by atoms with van der Waals surface area (Å²) in [6.45, 7) is 1.55. The molecular weight excluding hydrogens is 595 g/mol. The molecule has 4 aromatic rings. The largest absolute Gasteiger partial charge is 0.491 e. The first kappa shape index (κ1) is 29.5. The van der Waals surface area contributed by atoms with Crippen LogP contribution < -0.4 is 10.1 Å². The summed E-state index contributed by atoms with van der Waals surface area (Å²) in [5, 5.41) is 2.11. The van der Waals surface area contributed by atoms with Crippen molar-refractivity contribution >= 4 is 60.9 Å².